The van der Waals surface area contributed by atoms with Crippen LogP contribution in [0, 0.1) is 0 Å². The summed E-state index contributed by atoms with van der Waals surface area (Å²) in [6.45, 7) is 3.07. The SMILES string of the molecule is CCCCCNc1ccnc(C(=O)Nc2ccc(Cl)cc2)c1. The predicted octanol–water partition coefficient (Wildman–Crippen LogP) is 4.59. The molecule has 0 bridgehead atoms. The lowest BCUT2D eigenvalue weighted by Crippen LogP contribution is -2.14. The number of nitrogens with one attached hydrogen (secondary N) is 2. The van der Waals surface area contributed by atoms with Crippen LogP contribution in [0.4, 0.5) is 11.4 Å². The van der Waals surface area contributed by atoms with Gasteiger partial charge >= 0.3 is 0 Å². The van der Waals surface area contributed by atoms with Crippen LogP contribution in [0.1, 0.15) is 36.7 Å². The summed E-state index contributed by atoms with van der Waals surface area (Å²) in [5, 5.41) is 6.74. The van der Waals surface area contributed by atoms with Crippen molar-refractivity contribution < 1.29 is 4.79 Å². The van der Waals surface area contributed by atoms with Crippen molar-refractivity contribution in [3.63, 3.8) is 0 Å². The highest BCUT2D eigenvalue weighted by molar-refractivity contribution is 6.30. The monoisotopic (exact) mass is 317 g/mol. The van der Waals surface area contributed by atoms with E-state index in [-0.39, 0.29) is 5.91 Å². The number of benzene rings is 1. The van der Waals surface area contributed by atoms with Crippen molar-refractivity contribution in [3.05, 3.63) is 53.3 Å². The van der Waals surface area contributed by atoms with Crippen LogP contribution in [-0.2, 0) is 0 Å². The van der Waals surface area contributed by atoms with E-state index in [1.807, 2.05) is 6.07 Å². The summed E-state index contributed by atoms with van der Waals surface area (Å²) >= 11 is 5.82. The average Bonchev–Trinajstić information content (AvgIpc) is 2.54. The zero-order chi connectivity index (χ0) is 15.8. The van der Waals surface area contributed by atoms with Gasteiger partial charge in [0.1, 0.15) is 5.69 Å². The van der Waals surface area contributed by atoms with Crippen LogP contribution < -0.4 is 10.6 Å². The maximum absolute atomic E-state index is 12.2. The summed E-state index contributed by atoms with van der Waals surface area (Å²) in [5.74, 6) is -0.237. The summed E-state index contributed by atoms with van der Waals surface area (Å²) < 4.78 is 0. The van der Waals surface area contributed by atoms with Gasteiger partial charge in [-0.1, -0.05) is 31.4 Å². The Balaban J connectivity index is 1.96. The van der Waals surface area contributed by atoms with E-state index in [2.05, 4.69) is 22.5 Å². The molecule has 0 fully saturated rings. The number of amides is 1. The molecular weight excluding hydrogens is 298 g/mol. The molecule has 0 saturated carbocycles. The van der Waals surface area contributed by atoms with Crippen LogP contribution in [0.3, 0.4) is 0 Å². The fourth-order valence-corrected chi connectivity index (χ4v) is 2.13. The number of carbonyl (C=O) groups is 1. The van der Waals surface area contributed by atoms with Crippen molar-refractivity contribution in [3.8, 4) is 0 Å². The minimum absolute atomic E-state index is 0.237. The second-order valence-corrected chi connectivity index (χ2v) is 5.46. The Labute approximate surface area is 135 Å². The Bertz CT molecular complexity index is 614. The van der Waals surface area contributed by atoms with Gasteiger partial charge in [-0.15, -0.1) is 0 Å². The average molecular weight is 318 g/mol. The summed E-state index contributed by atoms with van der Waals surface area (Å²) in [5.41, 5.74) is 1.99. The largest absolute Gasteiger partial charge is 0.385 e. The van der Waals surface area contributed by atoms with E-state index in [4.69, 9.17) is 11.6 Å². The highest BCUT2D eigenvalue weighted by Crippen LogP contribution is 2.15. The van der Waals surface area contributed by atoms with E-state index in [0.29, 0.717) is 16.4 Å². The zero-order valence-electron chi connectivity index (χ0n) is 12.6. The number of aromatic nitrogens is 1. The molecule has 2 N–H and O–H groups in total. The van der Waals surface area contributed by atoms with Crippen LogP contribution in [0.2, 0.25) is 5.02 Å². The van der Waals surface area contributed by atoms with Crippen LogP contribution >= 0.6 is 11.6 Å². The fourth-order valence-electron chi connectivity index (χ4n) is 2.00. The highest BCUT2D eigenvalue weighted by Gasteiger charge is 2.08. The first-order chi connectivity index (χ1) is 10.7. The van der Waals surface area contributed by atoms with Gasteiger partial charge in [-0.05, 0) is 42.8 Å². The molecule has 5 heteroatoms. The molecule has 1 aromatic heterocycles. The van der Waals surface area contributed by atoms with Crippen molar-refractivity contribution in [2.24, 2.45) is 0 Å². The molecule has 2 aromatic rings. The number of rotatable bonds is 7. The molecular formula is C17H20ClN3O. The lowest BCUT2D eigenvalue weighted by atomic mass is 10.2. The van der Waals surface area contributed by atoms with Crippen molar-refractivity contribution in [2.45, 2.75) is 26.2 Å². The van der Waals surface area contributed by atoms with E-state index < -0.39 is 0 Å². The standard InChI is InChI=1S/C17H20ClN3O/c1-2-3-4-10-19-15-9-11-20-16(12-15)17(22)21-14-7-5-13(18)6-8-14/h5-9,11-12H,2-4,10H2,1H3,(H,19,20)(H,21,22). The van der Waals surface area contributed by atoms with Gasteiger partial charge in [-0.25, -0.2) is 0 Å². The van der Waals surface area contributed by atoms with E-state index in [1.165, 1.54) is 12.8 Å². The first-order valence-corrected chi connectivity index (χ1v) is 7.83. The fraction of sp³-hybridized carbons (Fsp3) is 0.294. The normalized spacial score (nSPS) is 10.3. The lowest BCUT2D eigenvalue weighted by Gasteiger charge is -2.08. The number of hydrogen-bond donors (Lipinski definition) is 2. The highest BCUT2D eigenvalue weighted by atomic mass is 35.5. The molecule has 0 atom stereocenters. The van der Waals surface area contributed by atoms with Crippen LogP contribution in [-0.4, -0.2) is 17.4 Å². The molecule has 4 nitrogen and oxygen atoms in total. The number of halogens is 1. The molecule has 0 aliphatic carbocycles. The molecule has 0 spiro atoms. The van der Waals surface area contributed by atoms with Gasteiger partial charge in [-0.2, -0.15) is 0 Å². The Morgan fingerprint density at radius 2 is 1.91 bits per heavy atom. The second-order valence-electron chi connectivity index (χ2n) is 5.02. The van der Waals surface area contributed by atoms with Crippen molar-refractivity contribution in [1.29, 1.82) is 0 Å². The Morgan fingerprint density at radius 3 is 2.64 bits per heavy atom. The molecule has 0 aliphatic heterocycles. The first-order valence-electron chi connectivity index (χ1n) is 7.46. The van der Waals surface area contributed by atoms with Gasteiger partial charge < -0.3 is 10.6 Å². The molecule has 0 saturated heterocycles. The van der Waals surface area contributed by atoms with E-state index in [0.717, 1.165) is 18.7 Å². The number of hydrogen-bond acceptors (Lipinski definition) is 3. The summed E-state index contributed by atoms with van der Waals surface area (Å²) in [6, 6.07) is 10.6. The Morgan fingerprint density at radius 1 is 1.14 bits per heavy atom. The number of nitrogens with zero attached hydrogens (tertiary/aromatic N) is 1. The molecule has 0 radical (unpaired) electrons. The van der Waals surface area contributed by atoms with E-state index in [1.54, 1.807) is 36.5 Å². The molecule has 1 amide bonds. The third-order valence-electron chi connectivity index (χ3n) is 3.20. The second kappa shape index (κ2) is 8.39. The molecule has 116 valence electrons. The Hall–Kier alpha value is -2.07. The van der Waals surface area contributed by atoms with E-state index >= 15 is 0 Å². The zero-order valence-corrected chi connectivity index (χ0v) is 13.4. The summed E-state index contributed by atoms with van der Waals surface area (Å²) in [7, 11) is 0. The summed E-state index contributed by atoms with van der Waals surface area (Å²) in [4.78, 5) is 16.3. The molecule has 0 aliphatic rings. The van der Waals surface area contributed by atoms with Gasteiger partial charge in [0.15, 0.2) is 0 Å². The number of unbranched alkanes of at least 4 members (excludes halogenated alkanes) is 2. The topological polar surface area (TPSA) is 54.0 Å². The molecule has 1 heterocycles. The number of pyridine rings is 1. The van der Waals surface area contributed by atoms with Gasteiger partial charge in [0.2, 0.25) is 0 Å². The predicted molar refractivity (Wildman–Crippen MR) is 91.7 cm³/mol. The van der Waals surface area contributed by atoms with Gasteiger partial charge in [0.25, 0.3) is 5.91 Å². The molecule has 0 unspecified atom stereocenters. The lowest BCUT2D eigenvalue weighted by molar-refractivity contribution is 0.102. The first kappa shape index (κ1) is 16.3. The minimum atomic E-state index is -0.237. The van der Waals surface area contributed by atoms with Gasteiger partial charge in [0, 0.05) is 29.1 Å². The number of anilines is 2. The minimum Gasteiger partial charge on any atom is -0.385 e. The third kappa shape index (κ3) is 5.04. The van der Waals surface area contributed by atoms with Crippen LogP contribution in [0.5, 0.6) is 0 Å². The van der Waals surface area contributed by atoms with Crippen LogP contribution in [0.15, 0.2) is 42.6 Å². The molecule has 22 heavy (non-hydrogen) atoms. The van der Waals surface area contributed by atoms with Gasteiger partial charge in [-0.3, -0.25) is 9.78 Å². The maximum atomic E-state index is 12.2. The smallest absolute Gasteiger partial charge is 0.274 e. The molecule has 2 rings (SSSR count). The van der Waals surface area contributed by atoms with Gasteiger partial charge in [0.05, 0.1) is 0 Å². The quantitative estimate of drug-likeness (QED) is 0.734. The number of carbonyl (C=O) groups excluding carboxylic acids is 1. The Kier molecular flexibility index (Phi) is 6.22. The van der Waals surface area contributed by atoms with E-state index in [9.17, 15) is 4.79 Å². The van der Waals surface area contributed by atoms with Crippen molar-refractivity contribution >= 4 is 28.9 Å². The third-order valence-corrected chi connectivity index (χ3v) is 3.46. The maximum Gasteiger partial charge on any atom is 0.274 e. The van der Waals surface area contributed by atoms with Crippen molar-refractivity contribution in [2.75, 3.05) is 17.2 Å². The molecule has 1 aromatic carbocycles. The van der Waals surface area contributed by atoms with Crippen LogP contribution in [0.25, 0.3) is 0 Å². The van der Waals surface area contributed by atoms with Crippen molar-refractivity contribution in [1.82, 2.24) is 4.98 Å². The summed E-state index contributed by atoms with van der Waals surface area (Å²) in [6.07, 6.45) is 5.14.